The molecule has 2 N–H and O–H groups in total. The Morgan fingerprint density at radius 1 is 1.20 bits per heavy atom. The van der Waals surface area contributed by atoms with E-state index in [4.69, 9.17) is 9.90 Å². The number of rotatable bonds is 7. The van der Waals surface area contributed by atoms with Gasteiger partial charge in [-0.05, 0) is 68.0 Å². The third-order valence-electron chi connectivity index (χ3n) is 6.95. The number of piperazine rings is 1. The standard InChI is InChI=1S/C26H30FN5O2.C2HF3O2/c1-17-15-31(7-8-32(17)25(33)11-19-3-4-19)16-22-9-20(13-28)10-24(18(22)2)30-26(34)21-5-6-23(12-27)29-14-21;3-2(4,5)1(6)7/h5-6,9-10,14,17,19H,3-4,7-8,11-12,15-16H2,1-2H3,(H,30,34);(H,6,7)/t17-;/m0./s1. The molecule has 9 nitrogen and oxygen atoms in total. The second-order valence-electron chi connectivity index (χ2n) is 10.2. The number of hydrogen-bond donors (Lipinski definition) is 2. The Morgan fingerprint density at radius 2 is 1.88 bits per heavy atom. The Kier molecular flexibility index (Phi) is 10.4. The van der Waals surface area contributed by atoms with E-state index in [1.807, 2.05) is 17.9 Å². The lowest BCUT2D eigenvalue weighted by atomic mass is 10.0. The van der Waals surface area contributed by atoms with E-state index in [-0.39, 0.29) is 23.6 Å². The van der Waals surface area contributed by atoms with Gasteiger partial charge in [-0.2, -0.15) is 18.4 Å². The molecule has 1 saturated heterocycles. The van der Waals surface area contributed by atoms with Crippen LogP contribution in [0, 0.1) is 24.2 Å². The second-order valence-corrected chi connectivity index (χ2v) is 10.2. The lowest BCUT2D eigenvalue weighted by Crippen LogP contribution is -2.53. The maximum absolute atomic E-state index is 12.7. The van der Waals surface area contributed by atoms with Crippen LogP contribution < -0.4 is 5.32 Å². The topological polar surface area (TPSA) is 127 Å². The van der Waals surface area contributed by atoms with Crippen molar-refractivity contribution in [1.82, 2.24) is 14.8 Å². The van der Waals surface area contributed by atoms with Crippen LogP contribution in [0.4, 0.5) is 23.2 Å². The summed E-state index contributed by atoms with van der Waals surface area (Å²) in [5.74, 6) is -2.28. The summed E-state index contributed by atoms with van der Waals surface area (Å²) in [7, 11) is 0. The second kappa shape index (κ2) is 13.5. The fraction of sp³-hybridized carbons (Fsp3) is 0.464. The van der Waals surface area contributed by atoms with E-state index in [9.17, 15) is 32.4 Å². The average Bonchev–Trinajstić information content (AvgIpc) is 3.74. The van der Waals surface area contributed by atoms with Gasteiger partial charge in [0.1, 0.15) is 6.67 Å². The van der Waals surface area contributed by atoms with Gasteiger partial charge in [0.25, 0.3) is 5.91 Å². The van der Waals surface area contributed by atoms with Gasteiger partial charge in [0.15, 0.2) is 0 Å². The monoisotopic (exact) mass is 577 g/mol. The predicted molar refractivity (Wildman–Crippen MR) is 140 cm³/mol. The first kappa shape index (κ1) is 31.5. The number of nitriles is 1. The fourth-order valence-electron chi connectivity index (χ4n) is 4.44. The molecule has 0 spiro atoms. The molecule has 2 aromatic rings. The quantitative estimate of drug-likeness (QED) is 0.466. The zero-order valence-electron chi connectivity index (χ0n) is 22.7. The molecule has 1 aliphatic carbocycles. The van der Waals surface area contributed by atoms with Crippen LogP contribution in [-0.4, -0.2) is 69.5 Å². The lowest BCUT2D eigenvalue weighted by Gasteiger charge is -2.40. The largest absolute Gasteiger partial charge is 0.490 e. The number of carbonyl (C=O) groups excluding carboxylic acids is 2. The summed E-state index contributed by atoms with van der Waals surface area (Å²) in [6.07, 6.45) is -0.720. The lowest BCUT2D eigenvalue weighted by molar-refractivity contribution is -0.192. The van der Waals surface area contributed by atoms with E-state index in [2.05, 4.69) is 28.2 Å². The number of alkyl halides is 4. The van der Waals surface area contributed by atoms with E-state index in [0.717, 1.165) is 24.2 Å². The molecule has 1 aromatic heterocycles. The number of amides is 2. The van der Waals surface area contributed by atoms with Crippen LogP contribution in [-0.2, 0) is 22.8 Å². The van der Waals surface area contributed by atoms with Crippen molar-refractivity contribution in [2.45, 2.75) is 58.5 Å². The summed E-state index contributed by atoms with van der Waals surface area (Å²) in [5, 5.41) is 19.5. The number of aromatic nitrogens is 1. The number of hydrogen-bond acceptors (Lipinski definition) is 6. The van der Waals surface area contributed by atoms with Crippen LogP contribution in [0.1, 0.15) is 58.9 Å². The third-order valence-corrected chi connectivity index (χ3v) is 6.95. The van der Waals surface area contributed by atoms with Gasteiger partial charge >= 0.3 is 12.1 Å². The van der Waals surface area contributed by atoms with Gasteiger partial charge in [-0.1, -0.05) is 0 Å². The molecule has 1 atom stereocenters. The van der Waals surface area contributed by atoms with E-state index in [1.54, 1.807) is 6.07 Å². The van der Waals surface area contributed by atoms with Crippen molar-refractivity contribution in [1.29, 1.82) is 5.26 Å². The van der Waals surface area contributed by atoms with E-state index >= 15 is 0 Å². The molecule has 4 rings (SSSR count). The number of nitrogens with one attached hydrogen (secondary N) is 1. The van der Waals surface area contributed by atoms with Crippen LogP contribution >= 0.6 is 0 Å². The number of halogens is 4. The Morgan fingerprint density at radius 3 is 2.39 bits per heavy atom. The predicted octanol–water partition coefficient (Wildman–Crippen LogP) is 4.45. The van der Waals surface area contributed by atoms with Gasteiger partial charge in [0.05, 0.1) is 22.9 Å². The van der Waals surface area contributed by atoms with Gasteiger partial charge in [-0.3, -0.25) is 19.5 Å². The first-order valence-electron chi connectivity index (χ1n) is 13.0. The summed E-state index contributed by atoms with van der Waals surface area (Å²) < 4.78 is 44.4. The van der Waals surface area contributed by atoms with E-state index in [1.165, 1.54) is 31.2 Å². The average molecular weight is 578 g/mol. The number of carbonyl (C=O) groups is 3. The number of benzene rings is 1. The molecule has 13 heteroatoms. The first-order chi connectivity index (χ1) is 19.3. The zero-order valence-corrected chi connectivity index (χ0v) is 22.7. The molecule has 1 aliphatic heterocycles. The minimum atomic E-state index is -5.08. The normalized spacial score (nSPS) is 17.2. The number of aliphatic carboxylic acids is 1. The molecule has 2 amide bonds. The highest BCUT2D eigenvalue weighted by atomic mass is 19.4. The summed E-state index contributed by atoms with van der Waals surface area (Å²) in [6, 6.07) is 8.85. The summed E-state index contributed by atoms with van der Waals surface area (Å²) in [6.45, 7) is 6.20. The van der Waals surface area contributed by atoms with Crippen molar-refractivity contribution in [2.24, 2.45) is 5.92 Å². The van der Waals surface area contributed by atoms with Crippen LogP contribution in [0.3, 0.4) is 0 Å². The Hall–Kier alpha value is -4.05. The molecular weight excluding hydrogens is 546 g/mol. The van der Waals surface area contributed by atoms with Crippen molar-refractivity contribution in [2.75, 3.05) is 25.0 Å². The Labute approximate surface area is 234 Å². The highest BCUT2D eigenvalue weighted by molar-refractivity contribution is 6.04. The highest BCUT2D eigenvalue weighted by Gasteiger charge is 2.38. The molecule has 0 unspecified atom stereocenters. The molecule has 0 radical (unpaired) electrons. The van der Waals surface area contributed by atoms with Crippen LogP contribution in [0.15, 0.2) is 30.5 Å². The number of pyridine rings is 1. The fourth-order valence-corrected chi connectivity index (χ4v) is 4.44. The minimum Gasteiger partial charge on any atom is -0.475 e. The molecule has 1 saturated carbocycles. The summed E-state index contributed by atoms with van der Waals surface area (Å²) in [4.78, 5) is 42.4. The Bertz CT molecular complexity index is 1310. The minimum absolute atomic E-state index is 0.137. The number of carboxylic acids is 1. The maximum atomic E-state index is 12.7. The SMILES string of the molecule is Cc1c(CN2CCN(C(=O)CC3CC3)[C@@H](C)C2)cc(C#N)cc1NC(=O)c1ccc(CF)nc1.O=C(O)C(F)(F)F. The van der Waals surface area contributed by atoms with Crippen molar-refractivity contribution in [3.8, 4) is 6.07 Å². The molecule has 2 heterocycles. The number of carboxylic acid groups (broad SMARTS) is 1. The zero-order chi connectivity index (χ0) is 30.3. The first-order valence-corrected chi connectivity index (χ1v) is 13.0. The Balaban J connectivity index is 0.000000587. The summed E-state index contributed by atoms with van der Waals surface area (Å²) in [5.41, 5.74) is 3.48. The van der Waals surface area contributed by atoms with E-state index < -0.39 is 18.8 Å². The number of anilines is 1. The molecule has 41 heavy (non-hydrogen) atoms. The van der Waals surface area contributed by atoms with Gasteiger partial charge < -0.3 is 15.3 Å². The van der Waals surface area contributed by atoms with Crippen molar-refractivity contribution in [3.05, 3.63) is 58.4 Å². The van der Waals surface area contributed by atoms with E-state index in [0.29, 0.717) is 42.2 Å². The van der Waals surface area contributed by atoms with Gasteiger partial charge in [0, 0.05) is 50.5 Å². The number of nitrogens with zero attached hydrogens (tertiary/aromatic N) is 4. The summed E-state index contributed by atoms with van der Waals surface area (Å²) >= 11 is 0. The molecule has 2 fully saturated rings. The molecule has 0 bridgehead atoms. The molecular formula is C28H31F4N5O4. The van der Waals surface area contributed by atoms with Gasteiger partial charge in [-0.25, -0.2) is 9.18 Å². The van der Waals surface area contributed by atoms with Crippen molar-refractivity contribution in [3.63, 3.8) is 0 Å². The van der Waals surface area contributed by atoms with Crippen LogP contribution in [0.2, 0.25) is 0 Å². The van der Waals surface area contributed by atoms with Crippen LogP contribution in [0.5, 0.6) is 0 Å². The highest BCUT2D eigenvalue weighted by Crippen LogP contribution is 2.33. The van der Waals surface area contributed by atoms with Crippen molar-refractivity contribution >= 4 is 23.5 Å². The van der Waals surface area contributed by atoms with Gasteiger partial charge in [0.2, 0.25) is 5.91 Å². The maximum Gasteiger partial charge on any atom is 0.490 e. The molecule has 1 aromatic carbocycles. The third kappa shape index (κ3) is 8.97. The smallest absolute Gasteiger partial charge is 0.475 e. The van der Waals surface area contributed by atoms with Crippen LogP contribution in [0.25, 0.3) is 0 Å². The molecule has 2 aliphatic rings. The molecule has 220 valence electrons. The van der Waals surface area contributed by atoms with Crippen molar-refractivity contribution < 1.29 is 37.1 Å². The van der Waals surface area contributed by atoms with Gasteiger partial charge in [-0.15, -0.1) is 0 Å².